The van der Waals surface area contributed by atoms with E-state index in [9.17, 15) is 0 Å². The third kappa shape index (κ3) is 2.53. The Hall–Kier alpha value is -0.240. The number of benzene rings is 1. The highest BCUT2D eigenvalue weighted by atomic mass is 35.5. The van der Waals surface area contributed by atoms with E-state index >= 15 is 0 Å². The first kappa shape index (κ1) is 12.2. The molecule has 1 aliphatic heterocycles. The minimum absolute atomic E-state index is 0.491. The predicted molar refractivity (Wildman–Crippen MR) is 70.4 cm³/mol. The van der Waals surface area contributed by atoms with E-state index in [2.05, 4.69) is 35.2 Å². The maximum absolute atomic E-state index is 6.01. The number of rotatable bonds is 4. The van der Waals surface area contributed by atoms with E-state index in [0.29, 0.717) is 23.8 Å². The molecule has 1 heterocycles. The molecule has 16 heavy (non-hydrogen) atoms. The van der Waals surface area contributed by atoms with Gasteiger partial charge in [0.15, 0.2) is 0 Å². The fraction of sp³-hybridized carbons (Fsp3) is 0.538. The molecule has 1 saturated heterocycles. The van der Waals surface area contributed by atoms with Gasteiger partial charge in [0.2, 0.25) is 0 Å². The van der Waals surface area contributed by atoms with Crippen LogP contribution >= 0.6 is 23.2 Å². The maximum Gasteiger partial charge on any atom is 0.0379 e. The Kier molecular flexibility index (Phi) is 4.51. The molecule has 0 bridgehead atoms. The summed E-state index contributed by atoms with van der Waals surface area (Å²) in [6.07, 6.45) is 2.37. The van der Waals surface area contributed by atoms with E-state index in [1.165, 1.54) is 18.4 Å². The van der Waals surface area contributed by atoms with Crippen molar-refractivity contribution in [3.05, 3.63) is 35.9 Å². The standard InChI is InChI=1S/C13H17Cl2N/c14-8-9-16-12(10-15)6-7-13(16)11-4-2-1-3-5-11/h1-5,12-13H,6-10H2. The first-order chi connectivity index (χ1) is 7.86. The Morgan fingerprint density at radius 3 is 2.50 bits per heavy atom. The topological polar surface area (TPSA) is 3.24 Å². The fourth-order valence-corrected chi connectivity index (χ4v) is 3.10. The normalized spacial score (nSPS) is 26.1. The van der Waals surface area contributed by atoms with Crippen LogP contribution in [0.3, 0.4) is 0 Å². The Morgan fingerprint density at radius 1 is 1.12 bits per heavy atom. The zero-order valence-electron chi connectivity index (χ0n) is 9.28. The van der Waals surface area contributed by atoms with Gasteiger partial charge in [0, 0.05) is 30.4 Å². The molecule has 0 radical (unpaired) electrons. The summed E-state index contributed by atoms with van der Waals surface area (Å²) in [5.74, 6) is 1.39. The summed E-state index contributed by atoms with van der Waals surface area (Å²) in [6, 6.07) is 11.6. The lowest BCUT2D eigenvalue weighted by molar-refractivity contribution is 0.219. The molecule has 0 N–H and O–H groups in total. The Bertz CT molecular complexity index is 315. The minimum atomic E-state index is 0.491. The summed E-state index contributed by atoms with van der Waals surface area (Å²) in [6.45, 7) is 0.929. The van der Waals surface area contributed by atoms with Gasteiger partial charge in [0.1, 0.15) is 0 Å². The maximum atomic E-state index is 6.01. The van der Waals surface area contributed by atoms with Crippen LogP contribution in [-0.4, -0.2) is 29.2 Å². The van der Waals surface area contributed by atoms with Crippen LogP contribution in [0.1, 0.15) is 24.4 Å². The highest BCUT2D eigenvalue weighted by molar-refractivity contribution is 6.18. The van der Waals surface area contributed by atoms with Gasteiger partial charge >= 0.3 is 0 Å². The number of hydrogen-bond acceptors (Lipinski definition) is 1. The van der Waals surface area contributed by atoms with Crippen LogP contribution < -0.4 is 0 Å². The molecular weight excluding hydrogens is 241 g/mol. The van der Waals surface area contributed by atoms with E-state index in [0.717, 1.165) is 6.54 Å². The van der Waals surface area contributed by atoms with Crippen molar-refractivity contribution < 1.29 is 0 Å². The van der Waals surface area contributed by atoms with Crippen LogP contribution in [0.25, 0.3) is 0 Å². The van der Waals surface area contributed by atoms with Gasteiger partial charge in [-0.05, 0) is 18.4 Å². The molecule has 0 spiro atoms. The molecule has 0 amide bonds. The van der Waals surface area contributed by atoms with Crippen LogP contribution in [0.5, 0.6) is 0 Å². The molecular formula is C13H17Cl2N. The second-order valence-corrected chi connectivity index (χ2v) is 4.93. The number of hydrogen-bond donors (Lipinski definition) is 0. The molecule has 1 aromatic rings. The van der Waals surface area contributed by atoms with E-state index in [1.807, 2.05) is 0 Å². The molecule has 2 rings (SSSR count). The predicted octanol–water partition coefficient (Wildman–Crippen LogP) is 3.67. The summed E-state index contributed by atoms with van der Waals surface area (Å²) in [5, 5.41) is 0. The highest BCUT2D eigenvalue weighted by Gasteiger charge is 2.32. The Labute approximate surface area is 107 Å². The lowest BCUT2D eigenvalue weighted by atomic mass is 10.0. The van der Waals surface area contributed by atoms with Gasteiger partial charge in [-0.15, -0.1) is 23.2 Å². The molecule has 1 aromatic carbocycles. The quantitative estimate of drug-likeness (QED) is 0.745. The van der Waals surface area contributed by atoms with Crippen LogP contribution in [0.4, 0.5) is 0 Å². The average Bonchev–Trinajstić information content (AvgIpc) is 2.74. The van der Waals surface area contributed by atoms with Crippen molar-refractivity contribution in [2.75, 3.05) is 18.3 Å². The number of halogens is 2. The molecule has 3 heteroatoms. The summed E-state index contributed by atoms with van der Waals surface area (Å²) in [5.41, 5.74) is 1.39. The minimum Gasteiger partial charge on any atom is -0.291 e. The van der Waals surface area contributed by atoms with Crippen molar-refractivity contribution in [3.63, 3.8) is 0 Å². The Morgan fingerprint density at radius 2 is 1.88 bits per heavy atom. The molecule has 0 saturated carbocycles. The molecule has 88 valence electrons. The van der Waals surface area contributed by atoms with Gasteiger partial charge < -0.3 is 0 Å². The highest BCUT2D eigenvalue weighted by Crippen LogP contribution is 2.36. The van der Waals surface area contributed by atoms with Crippen LogP contribution in [0.2, 0.25) is 0 Å². The van der Waals surface area contributed by atoms with Crippen LogP contribution in [0.15, 0.2) is 30.3 Å². The largest absolute Gasteiger partial charge is 0.291 e. The van der Waals surface area contributed by atoms with E-state index in [-0.39, 0.29) is 0 Å². The first-order valence-electron chi connectivity index (χ1n) is 5.79. The third-order valence-corrected chi connectivity index (χ3v) is 3.87. The van der Waals surface area contributed by atoms with Crippen molar-refractivity contribution in [1.29, 1.82) is 0 Å². The molecule has 1 fully saturated rings. The third-order valence-electron chi connectivity index (χ3n) is 3.35. The van der Waals surface area contributed by atoms with Crippen molar-refractivity contribution in [2.24, 2.45) is 0 Å². The summed E-state index contributed by atoms with van der Waals surface area (Å²) < 4.78 is 0. The molecule has 2 atom stereocenters. The number of likely N-dealkylation sites (tertiary alicyclic amines) is 1. The monoisotopic (exact) mass is 257 g/mol. The summed E-state index contributed by atoms with van der Waals surface area (Å²) in [7, 11) is 0. The van der Waals surface area contributed by atoms with Gasteiger partial charge in [-0.2, -0.15) is 0 Å². The molecule has 1 nitrogen and oxygen atoms in total. The smallest absolute Gasteiger partial charge is 0.0379 e. The molecule has 1 aliphatic rings. The molecule has 0 aromatic heterocycles. The summed E-state index contributed by atoms with van der Waals surface area (Å²) in [4.78, 5) is 2.45. The second-order valence-electron chi connectivity index (χ2n) is 4.24. The average molecular weight is 258 g/mol. The zero-order chi connectivity index (χ0) is 11.4. The van der Waals surface area contributed by atoms with E-state index in [1.54, 1.807) is 0 Å². The van der Waals surface area contributed by atoms with Crippen molar-refractivity contribution in [2.45, 2.75) is 24.9 Å². The van der Waals surface area contributed by atoms with Crippen molar-refractivity contribution >= 4 is 23.2 Å². The van der Waals surface area contributed by atoms with E-state index < -0.39 is 0 Å². The lowest BCUT2D eigenvalue weighted by Crippen LogP contribution is -2.34. The van der Waals surface area contributed by atoms with Gasteiger partial charge in [-0.25, -0.2) is 0 Å². The lowest BCUT2D eigenvalue weighted by Gasteiger charge is -2.28. The van der Waals surface area contributed by atoms with Gasteiger partial charge in [0.25, 0.3) is 0 Å². The summed E-state index contributed by atoms with van der Waals surface area (Å²) >= 11 is 11.9. The second kappa shape index (κ2) is 5.90. The zero-order valence-corrected chi connectivity index (χ0v) is 10.8. The van der Waals surface area contributed by atoms with E-state index in [4.69, 9.17) is 23.2 Å². The molecule has 0 aliphatic carbocycles. The first-order valence-corrected chi connectivity index (χ1v) is 6.86. The molecule has 2 unspecified atom stereocenters. The Balaban J connectivity index is 2.15. The van der Waals surface area contributed by atoms with Gasteiger partial charge in [-0.3, -0.25) is 4.90 Å². The number of alkyl halides is 2. The van der Waals surface area contributed by atoms with Crippen LogP contribution in [-0.2, 0) is 0 Å². The van der Waals surface area contributed by atoms with Gasteiger partial charge in [-0.1, -0.05) is 30.3 Å². The fourth-order valence-electron chi connectivity index (χ4n) is 2.57. The van der Waals surface area contributed by atoms with Crippen molar-refractivity contribution in [1.82, 2.24) is 4.90 Å². The SMILES string of the molecule is ClCCN1C(CCl)CCC1c1ccccc1. The number of nitrogens with zero attached hydrogens (tertiary/aromatic N) is 1. The van der Waals surface area contributed by atoms with Gasteiger partial charge in [0.05, 0.1) is 0 Å². The van der Waals surface area contributed by atoms with Crippen molar-refractivity contribution in [3.8, 4) is 0 Å². The van der Waals surface area contributed by atoms with Crippen LogP contribution in [0, 0.1) is 0 Å².